The first-order valence-electron chi connectivity index (χ1n) is 9.33. The van der Waals surface area contributed by atoms with E-state index < -0.39 is 0 Å². The largest absolute Gasteiger partial charge is 0.356 e. The van der Waals surface area contributed by atoms with E-state index in [2.05, 4.69) is 27.6 Å². The molecule has 28 heavy (non-hydrogen) atoms. The molecule has 3 rings (SSSR count). The van der Waals surface area contributed by atoms with Crippen molar-refractivity contribution in [3.05, 3.63) is 71.8 Å². The Kier molecular flexibility index (Phi) is 7.45. The van der Waals surface area contributed by atoms with E-state index in [0.29, 0.717) is 19.6 Å². The first-order valence-corrected chi connectivity index (χ1v) is 11.0. The average Bonchev–Trinajstić information content (AvgIpc) is 3.20. The molecule has 5 nitrogen and oxygen atoms in total. The number of benzene rings is 2. The molecule has 1 heterocycles. The van der Waals surface area contributed by atoms with Gasteiger partial charge in [-0.2, -0.15) is 0 Å². The Bertz CT molecular complexity index is 866. The van der Waals surface area contributed by atoms with Gasteiger partial charge in [0, 0.05) is 19.6 Å². The van der Waals surface area contributed by atoms with Crippen LogP contribution in [-0.4, -0.2) is 34.1 Å². The summed E-state index contributed by atoms with van der Waals surface area (Å²) in [6.07, 6.45) is 0. The fourth-order valence-corrected chi connectivity index (χ4v) is 4.82. The maximum Gasteiger partial charge on any atom is 0.240 e. The molecule has 7 heteroatoms. The number of thioether (sulfide) groups is 1. The minimum absolute atomic E-state index is 0.107. The second kappa shape index (κ2) is 10.2. The number of aromatic nitrogens is 2. The summed E-state index contributed by atoms with van der Waals surface area (Å²) < 4.78 is 0.782. The van der Waals surface area contributed by atoms with Gasteiger partial charge in [0.15, 0.2) is 4.34 Å². The number of carbonyl (C=O) groups is 1. The summed E-state index contributed by atoms with van der Waals surface area (Å²) in [5.74, 6) is 0.107. The van der Waals surface area contributed by atoms with Crippen LogP contribution in [0.3, 0.4) is 0 Å². The van der Waals surface area contributed by atoms with Crippen molar-refractivity contribution < 1.29 is 4.79 Å². The van der Waals surface area contributed by atoms with Crippen molar-refractivity contribution in [3.63, 3.8) is 0 Å². The zero-order valence-corrected chi connectivity index (χ0v) is 17.7. The quantitative estimate of drug-likeness (QED) is 0.509. The standard InChI is InChI=1S/C21H24N4OS2/c1-3-25(4-2)19(26)18(17-13-9-6-10-14-17)27-21-24-23-20(28-21)22-15-16-11-7-5-8-12-16/h5-14,18H,3-4,15H2,1-2H3,(H,22,23)/t18-/m1/s1. The molecule has 0 radical (unpaired) electrons. The molecule has 3 aromatic rings. The van der Waals surface area contributed by atoms with Gasteiger partial charge in [-0.25, -0.2) is 0 Å². The van der Waals surface area contributed by atoms with E-state index in [1.54, 1.807) is 0 Å². The van der Waals surface area contributed by atoms with Gasteiger partial charge in [0.05, 0.1) is 0 Å². The van der Waals surface area contributed by atoms with Crippen molar-refractivity contribution >= 4 is 34.1 Å². The number of anilines is 1. The minimum atomic E-state index is -0.323. The number of likely N-dealkylation sites (N-methyl/N-ethyl adjacent to an activating group) is 1. The van der Waals surface area contributed by atoms with Crippen LogP contribution in [0.25, 0.3) is 0 Å². The lowest BCUT2D eigenvalue weighted by Gasteiger charge is -2.24. The maximum atomic E-state index is 13.1. The first kappa shape index (κ1) is 20.4. The van der Waals surface area contributed by atoms with Crippen LogP contribution in [0, 0.1) is 0 Å². The predicted octanol–water partition coefficient (Wildman–Crippen LogP) is 4.85. The number of amides is 1. The summed E-state index contributed by atoms with van der Waals surface area (Å²) in [5, 5.41) is 12.3. The highest BCUT2D eigenvalue weighted by Gasteiger charge is 2.27. The molecule has 0 aliphatic rings. The zero-order chi connectivity index (χ0) is 19.8. The Morgan fingerprint density at radius 3 is 2.32 bits per heavy atom. The zero-order valence-electron chi connectivity index (χ0n) is 16.0. The van der Waals surface area contributed by atoms with E-state index in [4.69, 9.17) is 0 Å². The van der Waals surface area contributed by atoms with E-state index >= 15 is 0 Å². The van der Waals surface area contributed by atoms with Gasteiger partial charge in [0.2, 0.25) is 11.0 Å². The van der Waals surface area contributed by atoms with Crippen LogP contribution in [0.4, 0.5) is 5.13 Å². The maximum absolute atomic E-state index is 13.1. The molecule has 1 amide bonds. The Balaban J connectivity index is 1.72. The van der Waals surface area contributed by atoms with Gasteiger partial charge in [-0.05, 0) is 25.0 Å². The van der Waals surface area contributed by atoms with Gasteiger partial charge < -0.3 is 10.2 Å². The van der Waals surface area contributed by atoms with Gasteiger partial charge >= 0.3 is 0 Å². The van der Waals surface area contributed by atoms with Crippen LogP contribution in [-0.2, 0) is 11.3 Å². The van der Waals surface area contributed by atoms with E-state index in [1.807, 2.05) is 67.3 Å². The fraction of sp³-hybridized carbons (Fsp3) is 0.286. The summed E-state index contributed by atoms with van der Waals surface area (Å²) in [5.41, 5.74) is 2.17. The second-order valence-electron chi connectivity index (χ2n) is 6.13. The lowest BCUT2D eigenvalue weighted by molar-refractivity contribution is -0.130. The Morgan fingerprint density at radius 1 is 1.04 bits per heavy atom. The van der Waals surface area contributed by atoms with E-state index in [1.165, 1.54) is 28.7 Å². The minimum Gasteiger partial charge on any atom is -0.356 e. The number of nitrogens with one attached hydrogen (secondary N) is 1. The van der Waals surface area contributed by atoms with Gasteiger partial charge in [-0.1, -0.05) is 83.8 Å². The highest BCUT2D eigenvalue weighted by Crippen LogP contribution is 2.39. The second-order valence-corrected chi connectivity index (χ2v) is 8.46. The molecule has 1 atom stereocenters. The van der Waals surface area contributed by atoms with Crippen molar-refractivity contribution in [1.29, 1.82) is 0 Å². The van der Waals surface area contributed by atoms with Crippen molar-refractivity contribution in [2.45, 2.75) is 30.0 Å². The monoisotopic (exact) mass is 412 g/mol. The fourth-order valence-electron chi connectivity index (χ4n) is 2.79. The predicted molar refractivity (Wildman–Crippen MR) is 117 cm³/mol. The number of carbonyl (C=O) groups excluding carboxylic acids is 1. The lowest BCUT2D eigenvalue weighted by Crippen LogP contribution is -2.33. The Hall–Kier alpha value is -2.38. The molecule has 0 saturated carbocycles. The van der Waals surface area contributed by atoms with Crippen molar-refractivity contribution in [3.8, 4) is 0 Å². The lowest BCUT2D eigenvalue weighted by atomic mass is 10.1. The Morgan fingerprint density at radius 2 is 1.68 bits per heavy atom. The van der Waals surface area contributed by atoms with Crippen LogP contribution < -0.4 is 5.32 Å². The average molecular weight is 413 g/mol. The summed E-state index contributed by atoms with van der Waals surface area (Å²) in [7, 11) is 0. The number of hydrogen-bond acceptors (Lipinski definition) is 6. The SMILES string of the molecule is CCN(CC)C(=O)[C@H](Sc1nnc(NCc2ccccc2)s1)c1ccccc1. The smallest absolute Gasteiger partial charge is 0.240 e. The third-order valence-electron chi connectivity index (χ3n) is 4.31. The summed E-state index contributed by atoms with van der Waals surface area (Å²) >= 11 is 2.94. The summed E-state index contributed by atoms with van der Waals surface area (Å²) in [6.45, 7) is 6.09. The molecular weight excluding hydrogens is 388 g/mol. The van der Waals surface area contributed by atoms with Crippen LogP contribution in [0.2, 0.25) is 0 Å². The summed E-state index contributed by atoms with van der Waals surface area (Å²) in [4.78, 5) is 14.9. The van der Waals surface area contributed by atoms with Gasteiger partial charge in [-0.15, -0.1) is 10.2 Å². The summed E-state index contributed by atoms with van der Waals surface area (Å²) in [6, 6.07) is 20.0. The molecule has 0 aliphatic heterocycles. The molecule has 146 valence electrons. The normalized spacial score (nSPS) is 11.8. The molecule has 0 bridgehead atoms. The van der Waals surface area contributed by atoms with Gasteiger partial charge in [0.1, 0.15) is 5.25 Å². The molecule has 0 aliphatic carbocycles. The highest BCUT2D eigenvalue weighted by molar-refractivity contribution is 8.01. The van der Waals surface area contributed by atoms with Crippen molar-refractivity contribution in [2.75, 3.05) is 18.4 Å². The van der Waals surface area contributed by atoms with E-state index in [0.717, 1.165) is 15.0 Å². The van der Waals surface area contributed by atoms with Crippen molar-refractivity contribution in [1.82, 2.24) is 15.1 Å². The van der Waals surface area contributed by atoms with Crippen LogP contribution in [0.1, 0.15) is 30.2 Å². The molecule has 0 unspecified atom stereocenters. The molecule has 1 aromatic heterocycles. The van der Waals surface area contributed by atoms with Gasteiger partial charge in [0.25, 0.3) is 0 Å². The highest BCUT2D eigenvalue weighted by atomic mass is 32.2. The molecule has 1 N–H and O–H groups in total. The number of nitrogens with zero attached hydrogens (tertiary/aromatic N) is 3. The number of hydrogen-bond donors (Lipinski definition) is 1. The molecule has 2 aromatic carbocycles. The molecule has 0 saturated heterocycles. The topological polar surface area (TPSA) is 58.1 Å². The Labute approximate surface area is 174 Å². The third kappa shape index (κ3) is 5.33. The number of rotatable bonds is 9. The molecular formula is C21H24N4OS2. The van der Waals surface area contributed by atoms with E-state index in [9.17, 15) is 4.79 Å². The van der Waals surface area contributed by atoms with Crippen LogP contribution in [0.5, 0.6) is 0 Å². The third-order valence-corrected chi connectivity index (χ3v) is 6.52. The van der Waals surface area contributed by atoms with Gasteiger partial charge in [-0.3, -0.25) is 4.79 Å². The van der Waals surface area contributed by atoms with Crippen LogP contribution in [0.15, 0.2) is 65.0 Å². The first-order chi connectivity index (χ1) is 13.7. The molecule has 0 fully saturated rings. The van der Waals surface area contributed by atoms with Crippen LogP contribution >= 0.6 is 23.1 Å². The van der Waals surface area contributed by atoms with Crippen molar-refractivity contribution in [2.24, 2.45) is 0 Å². The van der Waals surface area contributed by atoms with E-state index in [-0.39, 0.29) is 11.2 Å². The molecule has 0 spiro atoms.